The van der Waals surface area contributed by atoms with Gasteiger partial charge in [-0.2, -0.15) is 0 Å². The number of aliphatic hydroxyl groups excluding tert-OH is 1. The largest absolute Gasteiger partial charge is 0.507 e. The minimum absolute atomic E-state index is 0.131. The van der Waals surface area contributed by atoms with Crippen LogP contribution >= 0.6 is 0 Å². The number of ether oxygens (including phenoxy) is 1. The Balaban J connectivity index is 2.09. The van der Waals surface area contributed by atoms with Gasteiger partial charge >= 0.3 is 0 Å². The van der Waals surface area contributed by atoms with E-state index in [2.05, 4.69) is 20.8 Å². The number of likely N-dealkylation sites (tertiary alicyclic amines) is 1. The summed E-state index contributed by atoms with van der Waals surface area (Å²) in [6, 6.07) is 14.8. The predicted octanol–water partition coefficient (Wildman–Crippen LogP) is 4.83. The van der Waals surface area contributed by atoms with Crippen molar-refractivity contribution < 1.29 is 19.4 Å². The predicted molar refractivity (Wildman–Crippen MR) is 122 cm³/mol. The van der Waals surface area contributed by atoms with Gasteiger partial charge in [0.15, 0.2) is 0 Å². The van der Waals surface area contributed by atoms with E-state index in [9.17, 15) is 14.7 Å². The van der Waals surface area contributed by atoms with Gasteiger partial charge in [-0.05, 0) is 35.4 Å². The fourth-order valence-corrected chi connectivity index (χ4v) is 3.95. The van der Waals surface area contributed by atoms with E-state index in [-0.39, 0.29) is 11.3 Å². The van der Waals surface area contributed by atoms with Crippen molar-refractivity contribution in [3.05, 3.63) is 76.4 Å². The lowest BCUT2D eigenvalue weighted by atomic mass is 9.93. The number of rotatable bonds is 8. The zero-order chi connectivity index (χ0) is 22.5. The molecule has 5 heteroatoms. The highest BCUT2D eigenvalue weighted by molar-refractivity contribution is 6.46. The van der Waals surface area contributed by atoms with Crippen LogP contribution in [0.5, 0.6) is 0 Å². The Morgan fingerprint density at radius 1 is 1.06 bits per heavy atom. The average Bonchev–Trinajstić information content (AvgIpc) is 3.04. The van der Waals surface area contributed by atoms with Gasteiger partial charge in [-0.3, -0.25) is 9.59 Å². The van der Waals surface area contributed by atoms with Gasteiger partial charge in [0, 0.05) is 25.8 Å². The summed E-state index contributed by atoms with van der Waals surface area (Å²) < 4.78 is 5.13. The SMILES string of the molecule is CCc1ccc(/C(O)=C2/C(=O)C(=O)N(CCCOC)C2c2ccc(C(C)C)cc2)cc1. The first-order chi connectivity index (χ1) is 14.9. The van der Waals surface area contributed by atoms with Crippen molar-refractivity contribution in [1.29, 1.82) is 0 Å². The zero-order valence-corrected chi connectivity index (χ0v) is 18.7. The van der Waals surface area contributed by atoms with Crippen LogP contribution < -0.4 is 0 Å². The fraction of sp³-hybridized carbons (Fsp3) is 0.385. The summed E-state index contributed by atoms with van der Waals surface area (Å²) in [6.07, 6.45) is 1.49. The number of carbonyl (C=O) groups excluding carboxylic acids is 2. The monoisotopic (exact) mass is 421 g/mol. The molecule has 0 saturated carbocycles. The molecule has 31 heavy (non-hydrogen) atoms. The van der Waals surface area contributed by atoms with E-state index >= 15 is 0 Å². The molecule has 0 aliphatic carbocycles. The van der Waals surface area contributed by atoms with Crippen LogP contribution in [0, 0.1) is 0 Å². The van der Waals surface area contributed by atoms with Gasteiger partial charge in [0.1, 0.15) is 5.76 Å². The summed E-state index contributed by atoms with van der Waals surface area (Å²) in [4.78, 5) is 27.5. The quantitative estimate of drug-likeness (QED) is 0.287. The molecule has 2 aromatic rings. The Hall–Kier alpha value is -2.92. The van der Waals surface area contributed by atoms with Crippen molar-refractivity contribution in [2.24, 2.45) is 0 Å². The van der Waals surface area contributed by atoms with Gasteiger partial charge in [0.25, 0.3) is 11.7 Å². The molecule has 3 rings (SSSR count). The number of aryl methyl sites for hydroxylation is 1. The first-order valence-electron chi connectivity index (χ1n) is 10.9. The molecule has 0 aromatic heterocycles. The van der Waals surface area contributed by atoms with Gasteiger partial charge in [-0.25, -0.2) is 0 Å². The second-order valence-electron chi connectivity index (χ2n) is 8.21. The van der Waals surface area contributed by atoms with E-state index in [1.807, 2.05) is 36.4 Å². The summed E-state index contributed by atoms with van der Waals surface area (Å²) in [5.74, 6) is -0.986. The molecule has 1 fully saturated rings. The number of benzene rings is 2. The molecule has 1 aliphatic rings. The van der Waals surface area contributed by atoms with Crippen LogP contribution in [0.15, 0.2) is 54.1 Å². The topological polar surface area (TPSA) is 66.8 Å². The highest BCUT2D eigenvalue weighted by Crippen LogP contribution is 2.39. The highest BCUT2D eigenvalue weighted by Gasteiger charge is 2.45. The van der Waals surface area contributed by atoms with E-state index < -0.39 is 17.7 Å². The molecular weight excluding hydrogens is 390 g/mol. The van der Waals surface area contributed by atoms with E-state index in [0.29, 0.717) is 31.1 Å². The molecule has 2 aromatic carbocycles. The molecule has 0 bridgehead atoms. The van der Waals surface area contributed by atoms with Crippen LogP contribution in [0.4, 0.5) is 0 Å². The molecule has 1 atom stereocenters. The maximum Gasteiger partial charge on any atom is 0.295 e. The number of ketones is 1. The molecule has 1 aliphatic heterocycles. The van der Waals surface area contributed by atoms with Crippen LogP contribution in [0.1, 0.15) is 61.4 Å². The van der Waals surface area contributed by atoms with Crippen molar-refractivity contribution in [3.63, 3.8) is 0 Å². The van der Waals surface area contributed by atoms with E-state index in [4.69, 9.17) is 4.74 Å². The molecular formula is C26H31NO4. The van der Waals surface area contributed by atoms with Crippen molar-refractivity contribution in [2.45, 2.75) is 45.6 Å². The van der Waals surface area contributed by atoms with Crippen molar-refractivity contribution in [3.8, 4) is 0 Å². The lowest BCUT2D eigenvalue weighted by Gasteiger charge is -2.25. The molecule has 5 nitrogen and oxygen atoms in total. The minimum atomic E-state index is -0.646. The number of amides is 1. The fourth-order valence-electron chi connectivity index (χ4n) is 3.95. The van der Waals surface area contributed by atoms with Crippen LogP contribution in [-0.2, 0) is 20.7 Å². The Morgan fingerprint density at radius 3 is 2.26 bits per heavy atom. The number of hydrogen-bond acceptors (Lipinski definition) is 4. The van der Waals surface area contributed by atoms with Gasteiger partial charge in [0.2, 0.25) is 0 Å². The Labute approximate surface area is 184 Å². The average molecular weight is 422 g/mol. The molecule has 1 amide bonds. The Morgan fingerprint density at radius 2 is 1.71 bits per heavy atom. The third-order valence-electron chi connectivity index (χ3n) is 5.84. The minimum Gasteiger partial charge on any atom is -0.507 e. The zero-order valence-electron chi connectivity index (χ0n) is 18.7. The highest BCUT2D eigenvalue weighted by atomic mass is 16.5. The number of carbonyl (C=O) groups is 2. The van der Waals surface area contributed by atoms with Gasteiger partial charge in [0.05, 0.1) is 11.6 Å². The first-order valence-corrected chi connectivity index (χ1v) is 10.9. The molecule has 1 saturated heterocycles. The smallest absolute Gasteiger partial charge is 0.295 e. The second kappa shape index (κ2) is 9.92. The standard InChI is InChI=1S/C26H31NO4/c1-5-18-7-9-21(10-8-18)24(28)22-23(20-13-11-19(12-14-20)17(2)3)27(15-6-16-31-4)26(30)25(22)29/h7-14,17,23,28H,5-6,15-16H2,1-4H3/b24-22-. The second-order valence-corrected chi connectivity index (χ2v) is 8.21. The normalized spacial score (nSPS) is 18.2. The number of nitrogens with zero attached hydrogens (tertiary/aromatic N) is 1. The number of hydrogen-bond donors (Lipinski definition) is 1. The number of methoxy groups -OCH3 is 1. The first kappa shape index (κ1) is 22.8. The van der Waals surface area contributed by atoms with E-state index in [1.54, 1.807) is 24.1 Å². The summed E-state index contributed by atoms with van der Waals surface area (Å²) >= 11 is 0. The van der Waals surface area contributed by atoms with Crippen molar-refractivity contribution in [1.82, 2.24) is 4.90 Å². The van der Waals surface area contributed by atoms with Crippen LogP contribution in [0.25, 0.3) is 5.76 Å². The summed E-state index contributed by atoms with van der Waals surface area (Å²) in [5.41, 5.74) is 3.81. The maximum absolute atomic E-state index is 13.0. The van der Waals surface area contributed by atoms with E-state index in [0.717, 1.165) is 17.5 Å². The molecule has 0 spiro atoms. The molecule has 1 heterocycles. The van der Waals surface area contributed by atoms with Gasteiger partial charge in [-0.1, -0.05) is 69.3 Å². The number of aliphatic hydroxyl groups is 1. The van der Waals surface area contributed by atoms with Crippen molar-refractivity contribution in [2.75, 3.05) is 20.3 Å². The summed E-state index contributed by atoms with van der Waals surface area (Å²) in [7, 11) is 1.61. The molecule has 1 N–H and O–H groups in total. The lowest BCUT2D eigenvalue weighted by Crippen LogP contribution is -2.31. The Kier molecular flexibility index (Phi) is 7.29. The molecule has 1 unspecified atom stereocenters. The Bertz CT molecular complexity index is 958. The van der Waals surface area contributed by atoms with Crippen molar-refractivity contribution >= 4 is 17.4 Å². The van der Waals surface area contributed by atoms with E-state index in [1.165, 1.54) is 5.56 Å². The third-order valence-corrected chi connectivity index (χ3v) is 5.84. The third kappa shape index (κ3) is 4.72. The van der Waals surface area contributed by atoms with Crippen LogP contribution in [-0.4, -0.2) is 42.0 Å². The van der Waals surface area contributed by atoms with Gasteiger partial charge < -0.3 is 14.7 Å². The molecule has 0 radical (unpaired) electrons. The van der Waals surface area contributed by atoms with Crippen LogP contribution in [0.3, 0.4) is 0 Å². The summed E-state index contributed by atoms with van der Waals surface area (Å²) in [5, 5.41) is 11.1. The lowest BCUT2D eigenvalue weighted by molar-refractivity contribution is -0.140. The van der Waals surface area contributed by atoms with Gasteiger partial charge in [-0.15, -0.1) is 0 Å². The summed E-state index contributed by atoms with van der Waals surface area (Å²) in [6.45, 7) is 7.15. The van der Waals surface area contributed by atoms with Crippen LogP contribution in [0.2, 0.25) is 0 Å². The maximum atomic E-state index is 13.0. The number of Topliss-reactive ketones (excluding diaryl/α,β-unsaturated/α-hetero) is 1. The molecule has 164 valence electrons.